The molecule has 2 rings (SSSR count). The highest BCUT2D eigenvalue weighted by atomic mass is 16.5. The molecule has 0 bridgehead atoms. The van der Waals surface area contributed by atoms with Crippen LogP contribution < -0.4 is 0 Å². The van der Waals surface area contributed by atoms with E-state index in [1.54, 1.807) is 48.5 Å². The van der Waals surface area contributed by atoms with Gasteiger partial charge in [0.05, 0.1) is 19.6 Å². The number of aliphatic hydroxyl groups is 2. The smallest absolute Gasteiger partial charge is 0.308 e. The van der Waals surface area contributed by atoms with Crippen molar-refractivity contribution in [2.45, 2.75) is 18.6 Å². The summed E-state index contributed by atoms with van der Waals surface area (Å²) in [5.41, 5.74) is 2.35. The number of aliphatic hydroxyl groups excluding tert-OH is 2. The van der Waals surface area contributed by atoms with Crippen LogP contribution in [0.1, 0.15) is 18.1 Å². The van der Waals surface area contributed by atoms with Crippen molar-refractivity contribution < 1.29 is 24.9 Å². The SMILES string of the molecule is COC(=O)CC(O)C(O)c1ccc(-c2ccc(O)cc2)cc1. The summed E-state index contributed by atoms with van der Waals surface area (Å²) < 4.78 is 4.46. The maximum Gasteiger partial charge on any atom is 0.308 e. The largest absolute Gasteiger partial charge is 0.508 e. The standard InChI is InChI=1S/C17H18O5/c1-22-16(20)10-15(19)17(21)13-4-2-11(3-5-13)12-6-8-14(18)9-7-12/h2-9,15,17-19,21H,10H2,1H3. The van der Waals surface area contributed by atoms with Gasteiger partial charge in [-0.3, -0.25) is 4.79 Å². The maximum atomic E-state index is 11.1. The highest BCUT2D eigenvalue weighted by molar-refractivity contribution is 5.70. The van der Waals surface area contributed by atoms with Crippen molar-refractivity contribution in [2.24, 2.45) is 0 Å². The summed E-state index contributed by atoms with van der Waals surface area (Å²) in [5, 5.41) is 29.1. The van der Waals surface area contributed by atoms with E-state index in [4.69, 9.17) is 0 Å². The highest BCUT2D eigenvalue weighted by Crippen LogP contribution is 2.25. The zero-order valence-electron chi connectivity index (χ0n) is 12.1. The normalized spacial score (nSPS) is 13.4. The van der Waals surface area contributed by atoms with Gasteiger partial charge in [-0.2, -0.15) is 0 Å². The molecule has 2 atom stereocenters. The van der Waals surface area contributed by atoms with Gasteiger partial charge in [0.15, 0.2) is 0 Å². The fourth-order valence-corrected chi connectivity index (χ4v) is 2.11. The fraction of sp³-hybridized carbons (Fsp3) is 0.235. The summed E-state index contributed by atoms with van der Waals surface area (Å²) in [4.78, 5) is 11.1. The van der Waals surface area contributed by atoms with E-state index in [0.717, 1.165) is 11.1 Å². The first kappa shape index (κ1) is 16.0. The van der Waals surface area contributed by atoms with Gasteiger partial charge in [-0.15, -0.1) is 0 Å². The van der Waals surface area contributed by atoms with Crippen LogP contribution in [0, 0.1) is 0 Å². The van der Waals surface area contributed by atoms with Crippen molar-refractivity contribution in [3.63, 3.8) is 0 Å². The average molecular weight is 302 g/mol. The Morgan fingerprint density at radius 1 is 1.00 bits per heavy atom. The number of phenols is 1. The van der Waals surface area contributed by atoms with Crippen molar-refractivity contribution in [3.05, 3.63) is 54.1 Å². The molecule has 2 unspecified atom stereocenters. The van der Waals surface area contributed by atoms with Gasteiger partial charge in [0.2, 0.25) is 0 Å². The third-order valence-electron chi connectivity index (χ3n) is 3.42. The van der Waals surface area contributed by atoms with Gasteiger partial charge in [-0.25, -0.2) is 0 Å². The van der Waals surface area contributed by atoms with Gasteiger partial charge in [-0.1, -0.05) is 36.4 Å². The van der Waals surface area contributed by atoms with E-state index >= 15 is 0 Å². The van der Waals surface area contributed by atoms with Crippen LogP contribution in [0.4, 0.5) is 0 Å². The monoisotopic (exact) mass is 302 g/mol. The zero-order valence-corrected chi connectivity index (χ0v) is 12.1. The van der Waals surface area contributed by atoms with Crippen LogP contribution in [0.15, 0.2) is 48.5 Å². The lowest BCUT2D eigenvalue weighted by atomic mass is 9.98. The molecule has 0 saturated carbocycles. The minimum Gasteiger partial charge on any atom is -0.508 e. The van der Waals surface area contributed by atoms with E-state index in [0.29, 0.717) is 5.56 Å². The number of hydrogen-bond donors (Lipinski definition) is 3. The zero-order chi connectivity index (χ0) is 16.1. The van der Waals surface area contributed by atoms with E-state index in [9.17, 15) is 20.1 Å². The Morgan fingerprint density at radius 3 is 2.00 bits per heavy atom. The van der Waals surface area contributed by atoms with Gasteiger partial charge >= 0.3 is 5.97 Å². The first-order chi connectivity index (χ1) is 10.5. The second-order valence-corrected chi connectivity index (χ2v) is 4.96. The van der Waals surface area contributed by atoms with Crippen molar-refractivity contribution in [1.82, 2.24) is 0 Å². The van der Waals surface area contributed by atoms with Crippen LogP contribution in [-0.2, 0) is 9.53 Å². The number of phenolic OH excluding ortho intramolecular Hbond substituents is 1. The number of esters is 1. The number of ether oxygens (including phenoxy) is 1. The first-order valence-corrected chi connectivity index (χ1v) is 6.83. The van der Waals surface area contributed by atoms with Gasteiger partial charge in [0.1, 0.15) is 11.9 Å². The Morgan fingerprint density at radius 2 is 1.50 bits per heavy atom. The number of rotatable bonds is 5. The molecule has 0 aliphatic carbocycles. The molecule has 2 aromatic rings. The van der Waals surface area contributed by atoms with Gasteiger partial charge in [0, 0.05) is 0 Å². The van der Waals surface area contributed by atoms with E-state index in [2.05, 4.69) is 4.74 Å². The summed E-state index contributed by atoms with van der Waals surface area (Å²) in [7, 11) is 1.23. The predicted octanol–water partition coefficient (Wildman–Crippen LogP) is 2.02. The molecule has 0 spiro atoms. The number of benzene rings is 2. The summed E-state index contributed by atoms with van der Waals surface area (Å²) in [6.45, 7) is 0. The molecule has 5 heteroatoms. The molecule has 0 aromatic heterocycles. The molecule has 0 heterocycles. The van der Waals surface area contributed by atoms with Crippen LogP contribution in [-0.4, -0.2) is 34.5 Å². The van der Waals surface area contributed by atoms with E-state index in [-0.39, 0.29) is 12.2 Å². The Bertz CT molecular complexity index is 619. The number of hydrogen-bond acceptors (Lipinski definition) is 5. The number of carbonyl (C=O) groups excluding carboxylic acids is 1. The molecule has 0 aliphatic rings. The molecule has 116 valence electrons. The Balaban J connectivity index is 2.11. The molecule has 0 aliphatic heterocycles. The van der Waals surface area contributed by atoms with E-state index < -0.39 is 18.2 Å². The van der Waals surface area contributed by atoms with Crippen molar-refractivity contribution >= 4 is 5.97 Å². The quantitative estimate of drug-likeness (QED) is 0.736. The third-order valence-corrected chi connectivity index (χ3v) is 3.42. The van der Waals surface area contributed by atoms with Crippen LogP contribution in [0.3, 0.4) is 0 Å². The number of aromatic hydroxyl groups is 1. The Kier molecular flexibility index (Phi) is 5.14. The van der Waals surface area contributed by atoms with Crippen molar-refractivity contribution in [1.29, 1.82) is 0 Å². The summed E-state index contributed by atoms with van der Waals surface area (Å²) in [6.07, 6.45) is -2.64. The average Bonchev–Trinajstić information content (AvgIpc) is 2.55. The molecular formula is C17H18O5. The molecule has 0 radical (unpaired) electrons. The van der Waals surface area contributed by atoms with Gasteiger partial charge in [-0.05, 0) is 28.8 Å². The summed E-state index contributed by atoms with van der Waals surface area (Å²) >= 11 is 0. The van der Waals surface area contributed by atoms with Gasteiger partial charge in [0.25, 0.3) is 0 Å². The summed E-state index contributed by atoms with van der Waals surface area (Å²) in [5.74, 6) is -0.381. The Labute approximate surface area is 128 Å². The minimum atomic E-state index is -1.22. The minimum absolute atomic E-state index is 0.196. The van der Waals surface area contributed by atoms with E-state index in [1.165, 1.54) is 7.11 Å². The highest BCUT2D eigenvalue weighted by Gasteiger charge is 2.21. The lowest BCUT2D eigenvalue weighted by Gasteiger charge is -2.17. The third kappa shape index (κ3) is 3.84. The molecule has 3 N–H and O–H groups in total. The number of carbonyl (C=O) groups is 1. The van der Waals surface area contributed by atoms with Crippen LogP contribution in [0.2, 0.25) is 0 Å². The molecule has 2 aromatic carbocycles. The molecule has 22 heavy (non-hydrogen) atoms. The predicted molar refractivity (Wildman–Crippen MR) is 81.1 cm³/mol. The summed E-state index contributed by atoms with van der Waals surface area (Å²) in [6, 6.07) is 13.7. The second kappa shape index (κ2) is 7.06. The molecule has 0 amide bonds. The van der Waals surface area contributed by atoms with E-state index in [1.807, 2.05) is 0 Å². The topological polar surface area (TPSA) is 87.0 Å². The van der Waals surface area contributed by atoms with Crippen molar-refractivity contribution in [3.8, 4) is 16.9 Å². The second-order valence-electron chi connectivity index (χ2n) is 4.96. The maximum absolute atomic E-state index is 11.1. The Hall–Kier alpha value is -2.37. The molecule has 0 fully saturated rings. The first-order valence-electron chi connectivity index (χ1n) is 6.83. The van der Waals surface area contributed by atoms with Crippen molar-refractivity contribution in [2.75, 3.05) is 7.11 Å². The van der Waals surface area contributed by atoms with Crippen LogP contribution in [0.5, 0.6) is 5.75 Å². The lowest BCUT2D eigenvalue weighted by Crippen LogP contribution is -2.22. The van der Waals surface area contributed by atoms with Crippen LogP contribution >= 0.6 is 0 Å². The molecule has 5 nitrogen and oxygen atoms in total. The molecule has 0 saturated heterocycles. The molecular weight excluding hydrogens is 284 g/mol. The van der Waals surface area contributed by atoms with Crippen LogP contribution in [0.25, 0.3) is 11.1 Å². The fourth-order valence-electron chi connectivity index (χ4n) is 2.11. The number of methoxy groups -OCH3 is 1. The van der Waals surface area contributed by atoms with Gasteiger partial charge < -0.3 is 20.1 Å². The lowest BCUT2D eigenvalue weighted by molar-refractivity contribution is -0.144.